The SMILES string of the molecule is COc1ccc(CCCNCc2cccc(C#N)c2)cc1OC. The molecule has 1 N–H and O–H groups in total. The summed E-state index contributed by atoms with van der Waals surface area (Å²) in [6.07, 6.45) is 2.01. The van der Waals surface area contributed by atoms with Crippen molar-refractivity contribution in [2.24, 2.45) is 0 Å². The maximum Gasteiger partial charge on any atom is 0.160 e. The molecule has 2 aromatic rings. The Kier molecular flexibility index (Phi) is 6.46. The van der Waals surface area contributed by atoms with Crippen molar-refractivity contribution < 1.29 is 9.47 Å². The molecule has 0 spiro atoms. The first-order valence-electron chi connectivity index (χ1n) is 7.67. The molecule has 0 radical (unpaired) electrons. The van der Waals surface area contributed by atoms with Gasteiger partial charge in [0.1, 0.15) is 0 Å². The molecular weight excluding hydrogens is 288 g/mol. The van der Waals surface area contributed by atoms with E-state index in [9.17, 15) is 0 Å². The van der Waals surface area contributed by atoms with Gasteiger partial charge in [-0.2, -0.15) is 5.26 Å². The quantitative estimate of drug-likeness (QED) is 0.760. The van der Waals surface area contributed by atoms with E-state index in [1.165, 1.54) is 5.56 Å². The lowest BCUT2D eigenvalue weighted by molar-refractivity contribution is 0.354. The number of methoxy groups -OCH3 is 2. The molecule has 0 bridgehead atoms. The van der Waals surface area contributed by atoms with Crippen LogP contribution in [-0.2, 0) is 13.0 Å². The van der Waals surface area contributed by atoms with Crippen LogP contribution in [-0.4, -0.2) is 20.8 Å². The van der Waals surface area contributed by atoms with Crippen LogP contribution >= 0.6 is 0 Å². The Morgan fingerprint density at radius 3 is 2.57 bits per heavy atom. The van der Waals surface area contributed by atoms with Crippen molar-refractivity contribution in [3.63, 3.8) is 0 Å². The van der Waals surface area contributed by atoms with Gasteiger partial charge in [0.25, 0.3) is 0 Å². The Hall–Kier alpha value is -2.51. The van der Waals surface area contributed by atoms with Gasteiger partial charge in [0.05, 0.1) is 25.9 Å². The van der Waals surface area contributed by atoms with Crippen LogP contribution in [0, 0.1) is 11.3 Å². The van der Waals surface area contributed by atoms with Crippen LogP contribution in [0.1, 0.15) is 23.1 Å². The molecular formula is C19H22N2O2. The highest BCUT2D eigenvalue weighted by molar-refractivity contribution is 5.42. The molecule has 0 amide bonds. The third kappa shape index (κ3) is 5.01. The summed E-state index contributed by atoms with van der Waals surface area (Å²) in [5, 5.41) is 12.3. The van der Waals surface area contributed by atoms with Crippen molar-refractivity contribution in [2.45, 2.75) is 19.4 Å². The van der Waals surface area contributed by atoms with Gasteiger partial charge >= 0.3 is 0 Å². The van der Waals surface area contributed by atoms with Crippen LogP contribution < -0.4 is 14.8 Å². The summed E-state index contributed by atoms with van der Waals surface area (Å²) in [6, 6.07) is 15.9. The normalized spacial score (nSPS) is 10.1. The zero-order valence-corrected chi connectivity index (χ0v) is 13.6. The van der Waals surface area contributed by atoms with Gasteiger partial charge in [-0.3, -0.25) is 0 Å². The van der Waals surface area contributed by atoms with E-state index in [0.29, 0.717) is 5.56 Å². The van der Waals surface area contributed by atoms with Gasteiger partial charge in [0.15, 0.2) is 11.5 Å². The zero-order chi connectivity index (χ0) is 16.5. The van der Waals surface area contributed by atoms with Crippen LogP contribution in [0.2, 0.25) is 0 Å². The molecule has 0 saturated heterocycles. The highest BCUT2D eigenvalue weighted by Crippen LogP contribution is 2.27. The molecule has 0 aliphatic carbocycles. The lowest BCUT2D eigenvalue weighted by Crippen LogP contribution is -2.15. The van der Waals surface area contributed by atoms with Gasteiger partial charge in [0.2, 0.25) is 0 Å². The van der Waals surface area contributed by atoms with Gasteiger partial charge in [-0.05, 0) is 54.8 Å². The molecule has 23 heavy (non-hydrogen) atoms. The first kappa shape index (κ1) is 16.9. The number of aryl methyl sites for hydroxylation is 1. The zero-order valence-electron chi connectivity index (χ0n) is 13.6. The summed E-state index contributed by atoms with van der Waals surface area (Å²) in [5.41, 5.74) is 3.07. The van der Waals surface area contributed by atoms with Gasteiger partial charge in [-0.1, -0.05) is 18.2 Å². The summed E-state index contributed by atoms with van der Waals surface area (Å²) in [6.45, 7) is 1.70. The molecule has 0 aliphatic heterocycles. The molecule has 0 heterocycles. The van der Waals surface area contributed by atoms with Crippen molar-refractivity contribution in [3.05, 3.63) is 59.2 Å². The molecule has 4 nitrogen and oxygen atoms in total. The predicted molar refractivity (Wildman–Crippen MR) is 90.7 cm³/mol. The van der Waals surface area contributed by atoms with Crippen LogP contribution in [0.15, 0.2) is 42.5 Å². The Balaban J connectivity index is 1.76. The summed E-state index contributed by atoms with van der Waals surface area (Å²) in [5.74, 6) is 1.53. The van der Waals surface area contributed by atoms with Crippen LogP contribution in [0.5, 0.6) is 11.5 Å². The minimum Gasteiger partial charge on any atom is -0.493 e. The van der Waals surface area contributed by atoms with Crippen molar-refractivity contribution in [1.29, 1.82) is 5.26 Å². The average Bonchev–Trinajstić information content (AvgIpc) is 2.61. The minimum absolute atomic E-state index is 0.703. The molecule has 0 fully saturated rings. The fraction of sp³-hybridized carbons (Fsp3) is 0.316. The van der Waals surface area contributed by atoms with Gasteiger partial charge in [-0.15, -0.1) is 0 Å². The highest BCUT2D eigenvalue weighted by Gasteiger charge is 2.04. The van der Waals surface area contributed by atoms with E-state index in [1.54, 1.807) is 14.2 Å². The van der Waals surface area contributed by atoms with E-state index in [2.05, 4.69) is 17.5 Å². The number of rotatable bonds is 8. The third-order valence-corrected chi connectivity index (χ3v) is 3.65. The molecule has 120 valence electrons. The predicted octanol–water partition coefficient (Wildman–Crippen LogP) is 3.30. The number of hydrogen-bond donors (Lipinski definition) is 1. The Bertz CT molecular complexity index is 677. The van der Waals surface area contributed by atoms with Crippen LogP contribution in [0.3, 0.4) is 0 Å². The van der Waals surface area contributed by atoms with Gasteiger partial charge in [-0.25, -0.2) is 0 Å². The Morgan fingerprint density at radius 2 is 1.83 bits per heavy atom. The largest absolute Gasteiger partial charge is 0.493 e. The third-order valence-electron chi connectivity index (χ3n) is 3.65. The highest BCUT2D eigenvalue weighted by atomic mass is 16.5. The van der Waals surface area contributed by atoms with Crippen molar-refractivity contribution in [1.82, 2.24) is 5.32 Å². The second-order valence-corrected chi connectivity index (χ2v) is 5.28. The Morgan fingerprint density at radius 1 is 1.00 bits per heavy atom. The smallest absolute Gasteiger partial charge is 0.160 e. The van der Waals surface area contributed by atoms with Gasteiger partial charge < -0.3 is 14.8 Å². The van der Waals surface area contributed by atoms with Crippen molar-refractivity contribution >= 4 is 0 Å². The van der Waals surface area contributed by atoms with Crippen molar-refractivity contribution in [3.8, 4) is 17.6 Å². The number of nitrogens with one attached hydrogen (secondary N) is 1. The topological polar surface area (TPSA) is 54.3 Å². The van der Waals surface area contributed by atoms with Crippen LogP contribution in [0.25, 0.3) is 0 Å². The number of hydrogen-bond acceptors (Lipinski definition) is 4. The van der Waals surface area contributed by atoms with Crippen molar-refractivity contribution in [2.75, 3.05) is 20.8 Å². The second-order valence-electron chi connectivity index (χ2n) is 5.28. The molecule has 4 heteroatoms. The lowest BCUT2D eigenvalue weighted by Gasteiger charge is -2.10. The molecule has 0 aromatic heterocycles. The summed E-state index contributed by atoms with van der Waals surface area (Å²) >= 11 is 0. The van der Waals surface area contributed by atoms with E-state index in [4.69, 9.17) is 14.7 Å². The molecule has 2 aromatic carbocycles. The minimum atomic E-state index is 0.703. The Labute approximate surface area is 137 Å². The molecule has 0 saturated carbocycles. The standard InChI is InChI=1S/C19H22N2O2/c1-22-18-9-8-15(12-19(18)23-2)7-4-10-21-14-17-6-3-5-16(11-17)13-20/h3,5-6,8-9,11-12,21H,4,7,10,14H2,1-2H3. The fourth-order valence-corrected chi connectivity index (χ4v) is 2.44. The van der Waals surface area contributed by atoms with E-state index in [-0.39, 0.29) is 0 Å². The number of nitrogens with zero attached hydrogens (tertiary/aromatic N) is 1. The van der Waals surface area contributed by atoms with E-state index in [0.717, 1.165) is 43.0 Å². The summed E-state index contributed by atoms with van der Waals surface area (Å²) in [4.78, 5) is 0. The van der Waals surface area contributed by atoms with E-state index in [1.807, 2.05) is 36.4 Å². The number of benzene rings is 2. The lowest BCUT2D eigenvalue weighted by atomic mass is 10.1. The molecule has 0 unspecified atom stereocenters. The van der Waals surface area contributed by atoms with E-state index < -0.39 is 0 Å². The first-order chi connectivity index (χ1) is 11.3. The molecule has 0 atom stereocenters. The maximum absolute atomic E-state index is 8.89. The molecule has 0 aliphatic rings. The van der Waals surface area contributed by atoms with Gasteiger partial charge in [0, 0.05) is 6.54 Å². The molecule has 2 rings (SSSR count). The monoisotopic (exact) mass is 310 g/mol. The van der Waals surface area contributed by atoms with E-state index >= 15 is 0 Å². The van der Waals surface area contributed by atoms with Crippen LogP contribution in [0.4, 0.5) is 0 Å². The average molecular weight is 310 g/mol. The maximum atomic E-state index is 8.89. The summed E-state index contributed by atoms with van der Waals surface area (Å²) < 4.78 is 10.6. The first-order valence-corrected chi connectivity index (χ1v) is 7.67. The second kappa shape index (κ2) is 8.82. The fourth-order valence-electron chi connectivity index (χ4n) is 2.44. The number of ether oxygens (including phenoxy) is 2. The summed E-state index contributed by atoms with van der Waals surface area (Å²) in [7, 11) is 3.29. The number of nitriles is 1.